The molecular weight excluding hydrogens is 230 g/mol. The Hall–Kier alpha value is -1.26. The molecule has 0 fully saturated rings. The number of carbonyl (C=O) groups is 1. The van der Waals surface area contributed by atoms with Crippen molar-refractivity contribution < 1.29 is 14.6 Å². The molecule has 88 valence electrons. The molecule has 0 bridgehead atoms. The molecule has 0 atom stereocenters. The molecule has 16 heavy (non-hydrogen) atoms. The fourth-order valence-electron chi connectivity index (χ4n) is 1.34. The minimum absolute atomic E-state index is 0.0658. The number of hydrogen-bond acceptors (Lipinski definition) is 3. The molecule has 4 nitrogen and oxygen atoms in total. The van der Waals surface area contributed by atoms with Crippen LogP contribution in [-0.2, 0) is 9.53 Å². The van der Waals surface area contributed by atoms with Crippen LogP contribution in [0.15, 0.2) is 24.3 Å². The van der Waals surface area contributed by atoms with Crippen molar-refractivity contribution in [2.75, 3.05) is 31.7 Å². The minimum atomic E-state index is -0.879. The van der Waals surface area contributed by atoms with E-state index < -0.39 is 5.97 Å². The maximum atomic E-state index is 10.7. The summed E-state index contributed by atoms with van der Waals surface area (Å²) in [6.07, 6.45) is 0. The van der Waals surface area contributed by atoms with Crippen molar-refractivity contribution in [3.05, 3.63) is 29.3 Å². The number of ether oxygens (including phenoxy) is 1. The first-order chi connectivity index (χ1) is 7.63. The van der Waals surface area contributed by atoms with Crippen LogP contribution in [-0.4, -0.2) is 37.9 Å². The average Bonchev–Trinajstić information content (AvgIpc) is 2.23. The lowest BCUT2D eigenvalue weighted by Gasteiger charge is -2.22. The normalized spacial score (nSPS) is 10.1. The summed E-state index contributed by atoms with van der Waals surface area (Å²) in [5.41, 5.74) is 0.784. The maximum Gasteiger partial charge on any atom is 0.323 e. The van der Waals surface area contributed by atoms with Crippen LogP contribution in [0, 0.1) is 0 Å². The predicted molar refractivity (Wildman–Crippen MR) is 63.2 cm³/mol. The van der Waals surface area contributed by atoms with Crippen molar-refractivity contribution in [2.24, 2.45) is 0 Å². The van der Waals surface area contributed by atoms with Gasteiger partial charge in [-0.05, 0) is 18.2 Å². The van der Waals surface area contributed by atoms with Gasteiger partial charge in [-0.3, -0.25) is 4.79 Å². The first kappa shape index (κ1) is 12.8. The minimum Gasteiger partial charge on any atom is -0.480 e. The molecule has 1 N–H and O–H groups in total. The maximum absolute atomic E-state index is 10.7. The number of aliphatic carboxylic acids is 1. The summed E-state index contributed by atoms with van der Waals surface area (Å²) in [6.45, 7) is 0.923. The molecule has 1 rings (SSSR count). The van der Waals surface area contributed by atoms with Gasteiger partial charge in [-0.1, -0.05) is 17.7 Å². The van der Waals surface area contributed by atoms with Gasteiger partial charge >= 0.3 is 5.97 Å². The van der Waals surface area contributed by atoms with Gasteiger partial charge in [-0.15, -0.1) is 0 Å². The zero-order valence-electron chi connectivity index (χ0n) is 9.02. The van der Waals surface area contributed by atoms with Gasteiger partial charge in [0.25, 0.3) is 0 Å². The van der Waals surface area contributed by atoms with E-state index in [-0.39, 0.29) is 6.54 Å². The van der Waals surface area contributed by atoms with E-state index in [4.69, 9.17) is 21.4 Å². The van der Waals surface area contributed by atoms with E-state index in [9.17, 15) is 4.79 Å². The number of halogens is 1. The fourth-order valence-corrected chi connectivity index (χ4v) is 1.52. The highest BCUT2D eigenvalue weighted by Gasteiger charge is 2.10. The van der Waals surface area contributed by atoms with Crippen molar-refractivity contribution >= 4 is 23.3 Å². The number of nitrogens with zero attached hydrogens (tertiary/aromatic N) is 1. The molecular formula is C11H14ClNO3. The smallest absolute Gasteiger partial charge is 0.323 e. The second kappa shape index (κ2) is 6.35. The number of carboxylic acids is 1. The number of rotatable bonds is 6. The zero-order chi connectivity index (χ0) is 12.0. The summed E-state index contributed by atoms with van der Waals surface area (Å²) in [7, 11) is 1.58. The monoisotopic (exact) mass is 243 g/mol. The quantitative estimate of drug-likeness (QED) is 0.829. The first-order valence-electron chi connectivity index (χ1n) is 4.84. The van der Waals surface area contributed by atoms with Gasteiger partial charge in [0.15, 0.2) is 0 Å². The van der Waals surface area contributed by atoms with Crippen LogP contribution in [0.4, 0.5) is 5.69 Å². The van der Waals surface area contributed by atoms with Gasteiger partial charge in [0.05, 0.1) is 6.61 Å². The number of carboxylic acid groups (broad SMARTS) is 1. The number of anilines is 1. The van der Waals surface area contributed by atoms with Gasteiger partial charge in [-0.2, -0.15) is 0 Å². The summed E-state index contributed by atoms with van der Waals surface area (Å²) < 4.78 is 4.94. The summed E-state index contributed by atoms with van der Waals surface area (Å²) in [5.74, 6) is -0.879. The van der Waals surface area contributed by atoms with Crippen LogP contribution in [0.5, 0.6) is 0 Å². The van der Waals surface area contributed by atoms with Gasteiger partial charge < -0.3 is 14.7 Å². The molecule has 0 radical (unpaired) electrons. The van der Waals surface area contributed by atoms with E-state index in [1.165, 1.54) is 0 Å². The third kappa shape index (κ3) is 4.08. The topological polar surface area (TPSA) is 49.8 Å². The van der Waals surface area contributed by atoms with E-state index in [1.807, 2.05) is 6.07 Å². The molecule has 0 amide bonds. The highest BCUT2D eigenvalue weighted by Crippen LogP contribution is 2.19. The van der Waals surface area contributed by atoms with E-state index in [0.29, 0.717) is 18.2 Å². The van der Waals surface area contributed by atoms with Gasteiger partial charge in [0.2, 0.25) is 0 Å². The molecule has 0 aliphatic heterocycles. The molecule has 0 aliphatic carbocycles. The third-order valence-electron chi connectivity index (χ3n) is 2.06. The van der Waals surface area contributed by atoms with E-state index in [1.54, 1.807) is 30.2 Å². The Labute approximate surface area is 99.4 Å². The summed E-state index contributed by atoms with van der Waals surface area (Å²) in [4.78, 5) is 12.4. The van der Waals surface area contributed by atoms with Crippen molar-refractivity contribution in [1.82, 2.24) is 0 Å². The zero-order valence-corrected chi connectivity index (χ0v) is 9.78. The summed E-state index contributed by atoms with van der Waals surface area (Å²) in [5, 5.41) is 9.39. The van der Waals surface area contributed by atoms with Crippen LogP contribution in [0.2, 0.25) is 5.02 Å². The average molecular weight is 244 g/mol. The fraction of sp³-hybridized carbons (Fsp3) is 0.364. The molecule has 0 aliphatic rings. The Balaban J connectivity index is 2.78. The lowest BCUT2D eigenvalue weighted by atomic mass is 10.3. The van der Waals surface area contributed by atoms with Crippen LogP contribution < -0.4 is 4.90 Å². The Kier molecular flexibility index (Phi) is 5.08. The molecule has 0 heterocycles. The molecule has 5 heteroatoms. The van der Waals surface area contributed by atoms with Gasteiger partial charge in [0.1, 0.15) is 6.54 Å². The van der Waals surface area contributed by atoms with Crippen LogP contribution in [0.1, 0.15) is 0 Å². The second-order valence-electron chi connectivity index (χ2n) is 3.29. The van der Waals surface area contributed by atoms with E-state index >= 15 is 0 Å². The van der Waals surface area contributed by atoms with Gasteiger partial charge in [-0.25, -0.2) is 0 Å². The molecule has 0 unspecified atom stereocenters. The number of benzene rings is 1. The molecule has 0 saturated carbocycles. The lowest BCUT2D eigenvalue weighted by Crippen LogP contribution is -2.32. The van der Waals surface area contributed by atoms with Crippen molar-refractivity contribution in [1.29, 1.82) is 0 Å². The molecule has 1 aromatic carbocycles. The Bertz CT molecular complexity index is 357. The number of hydrogen-bond donors (Lipinski definition) is 1. The van der Waals surface area contributed by atoms with Crippen LogP contribution in [0.3, 0.4) is 0 Å². The third-order valence-corrected chi connectivity index (χ3v) is 2.30. The molecule has 1 aromatic rings. The Morgan fingerprint density at radius 1 is 1.56 bits per heavy atom. The largest absolute Gasteiger partial charge is 0.480 e. The van der Waals surface area contributed by atoms with Gasteiger partial charge in [0, 0.05) is 24.4 Å². The summed E-state index contributed by atoms with van der Waals surface area (Å²) in [6, 6.07) is 7.10. The van der Waals surface area contributed by atoms with E-state index in [0.717, 1.165) is 5.69 Å². The highest BCUT2D eigenvalue weighted by atomic mass is 35.5. The highest BCUT2D eigenvalue weighted by molar-refractivity contribution is 6.30. The summed E-state index contributed by atoms with van der Waals surface area (Å²) >= 11 is 5.85. The molecule has 0 spiro atoms. The second-order valence-corrected chi connectivity index (χ2v) is 3.72. The Morgan fingerprint density at radius 2 is 2.31 bits per heavy atom. The van der Waals surface area contributed by atoms with Crippen molar-refractivity contribution in [3.8, 4) is 0 Å². The van der Waals surface area contributed by atoms with Crippen LogP contribution in [0.25, 0.3) is 0 Å². The Morgan fingerprint density at radius 3 is 2.88 bits per heavy atom. The molecule has 0 saturated heterocycles. The number of methoxy groups -OCH3 is 1. The SMILES string of the molecule is COCCN(CC(=O)O)c1cccc(Cl)c1. The molecule has 0 aromatic heterocycles. The first-order valence-corrected chi connectivity index (χ1v) is 5.22. The lowest BCUT2D eigenvalue weighted by molar-refractivity contribution is -0.135. The van der Waals surface area contributed by atoms with Crippen molar-refractivity contribution in [2.45, 2.75) is 0 Å². The van der Waals surface area contributed by atoms with E-state index in [2.05, 4.69) is 0 Å². The predicted octanol–water partition coefficient (Wildman–Crippen LogP) is 1.88. The van der Waals surface area contributed by atoms with Crippen LogP contribution >= 0.6 is 11.6 Å². The van der Waals surface area contributed by atoms with Crippen molar-refractivity contribution in [3.63, 3.8) is 0 Å². The standard InChI is InChI=1S/C11H14ClNO3/c1-16-6-5-13(8-11(14)15)10-4-2-3-9(12)7-10/h2-4,7H,5-6,8H2,1H3,(H,14,15).